The molecule has 0 atom stereocenters. The smallest absolute Gasteiger partial charge is 0.226 e. The number of carbonyl (C=O) groups excluding carboxylic acids is 1. The van der Waals surface area contributed by atoms with Crippen LogP contribution in [0.1, 0.15) is 38.5 Å². The van der Waals surface area contributed by atoms with Gasteiger partial charge in [0.15, 0.2) is 10.6 Å². The molecule has 1 fully saturated rings. The highest BCUT2D eigenvalue weighted by molar-refractivity contribution is 7.71. The monoisotopic (exact) mass is 459 g/mol. The van der Waals surface area contributed by atoms with Gasteiger partial charge in [-0.05, 0) is 54.7 Å². The number of benzene rings is 1. The molecule has 2 aromatic heterocycles. The summed E-state index contributed by atoms with van der Waals surface area (Å²) in [4.78, 5) is 15.5. The van der Waals surface area contributed by atoms with E-state index in [2.05, 4.69) is 15.5 Å². The molecule has 6 nitrogen and oxygen atoms in total. The van der Waals surface area contributed by atoms with E-state index >= 15 is 0 Å². The Morgan fingerprint density at radius 3 is 2.87 bits per heavy atom. The molecule has 1 amide bonds. The number of halogens is 1. The third-order valence-corrected chi connectivity index (χ3v) is 6.97. The van der Waals surface area contributed by atoms with Crippen molar-refractivity contribution >= 4 is 40.8 Å². The first kappa shape index (κ1) is 21.7. The van der Waals surface area contributed by atoms with Gasteiger partial charge < -0.3 is 10.2 Å². The summed E-state index contributed by atoms with van der Waals surface area (Å²) in [5.74, 6) is 0.199. The lowest BCUT2D eigenvalue weighted by Gasteiger charge is -2.33. The molecule has 0 unspecified atom stereocenters. The third kappa shape index (κ3) is 5.04. The van der Waals surface area contributed by atoms with Crippen molar-refractivity contribution in [2.75, 3.05) is 17.3 Å². The lowest BCUT2D eigenvalue weighted by Crippen LogP contribution is -2.33. The van der Waals surface area contributed by atoms with Gasteiger partial charge >= 0.3 is 0 Å². The maximum Gasteiger partial charge on any atom is 0.226 e. The molecule has 1 aliphatic carbocycles. The van der Waals surface area contributed by atoms with Gasteiger partial charge in [0.25, 0.3) is 0 Å². The minimum atomic E-state index is -0.317. The molecule has 164 valence electrons. The summed E-state index contributed by atoms with van der Waals surface area (Å²) >= 11 is 6.86. The number of amides is 1. The van der Waals surface area contributed by atoms with Crippen molar-refractivity contribution in [3.8, 4) is 10.7 Å². The van der Waals surface area contributed by atoms with Gasteiger partial charge in [-0.3, -0.25) is 14.5 Å². The van der Waals surface area contributed by atoms with Crippen LogP contribution in [0.2, 0.25) is 0 Å². The zero-order valence-corrected chi connectivity index (χ0v) is 19.1. The molecule has 1 saturated carbocycles. The zero-order valence-electron chi connectivity index (χ0n) is 17.4. The van der Waals surface area contributed by atoms with Gasteiger partial charge in [0.05, 0.1) is 10.6 Å². The van der Waals surface area contributed by atoms with E-state index in [9.17, 15) is 9.18 Å². The SMILES string of the molecule is CN(c1ccc(NC(=O)CCn2c(-c3cccs3)n[nH]c2=S)cc1F)C1CCCCC1. The predicted molar refractivity (Wildman–Crippen MR) is 126 cm³/mol. The molecule has 0 spiro atoms. The molecule has 9 heteroatoms. The number of rotatable bonds is 7. The van der Waals surface area contributed by atoms with Gasteiger partial charge in [-0.2, -0.15) is 5.10 Å². The van der Waals surface area contributed by atoms with Gasteiger partial charge in [0, 0.05) is 31.7 Å². The van der Waals surface area contributed by atoms with Gasteiger partial charge in [0.2, 0.25) is 5.91 Å². The van der Waals surface area contributed by atoms with Gasteiger partial charge in [-0.15, -0.1) is 11.3 Å². The Balaban J connectivity index is 1.38. The second kappa shape index (κ2) is 9.74. The van der Waals surface area contributed by atoms with Crippen LogP contribution in [0.5, 0.6) is 0 Å². The van der Waals surface area contributed by atoms with E-state index in [1.165, 1.54) is 25.3 Å². The summed E-state index contributed by atoms with van der Waals surface area (Å²) in [6.07, 6.45) is 6.05. The number of nitrogens with one attached hydrogen (secondary N) is 2. The number of hydrogen-bond donors (Lipinski definition) is 2. The Labute approximate surface area is 190 Å². The van der Waals surface area contributed by atoms with E-state index < -0.39 is 0 Å². The Morgan fingerprint density at radius 1 is 1.35 bits per heavy atom. The number of aromatic nitrogens is 3. The van der Waals surface area contributed by atoms with E-state index in [1.54, 1.807) is 23.5 Å². The van der Waals surface area contributed by atoms with Crippen molar-refractivity contribution in [3.63, 3.8) is 0 Å². The van der Waals surface area contributed by atoms with E-state index in [-0.39, 0.29) is 18.1 Å². The molecule has 31 heavy (non-hydrogen) atoms. The third-order valence-electron chi connectivity index (χ3n) is 5.80. The van der Waals surface area contributed by atoms with Crippen molar-refractivity contribution in [3.05, 3.63) is 46.3 Å². The summed E-state index contributed by atoms with van der Waals surface area (Å²) in [5, 5.41) is 11.8. The first-order chi connectivity index (χ1) is 15.0. The van der Waals surface area contributed by atoms with Crippen molar-refractivity contribution in [1.82, 2.24) is 14.8 Å². The zero-order chi connectivity index (χ0) is 21.8. The first-order valence-corrected chi connectivity index (χ1v) is 11.8. The van der Waals surface area contributed by atoms with Crippen LogP contribution in [0, 0.1) is 10.6 Å². The lowest BCUT2D eigenvalue weighted by molar-refractivity contribution is -0.116. The Morgan fingerprint density at radius 2 is 2.16 bits per heavy atom. The van der Waals surface area contributed by atoms with Crippen LogP contribution in [0.4, 0.5) is 15.8 Å². The summed E-state index contributed by atoms with van der Waals surface area (Å²) in [6, 6.07) is 9.18. The highest BCUT2D eigenvalue weighted by atomic mass is 32.1. The lowest BCUT2D eigenvalue weighted by atomic mass is 9.94. The van der Waals surface area contributed by atoms with Crippen molar-refractivity contribution in [2.45, 2.75) is 51.1 Å². The molecular formula is C22H26FN5OS2. The number of nitrogens with zero attached hydrogens (tertiary/aromatic N) is 3. The molecule has 4 rings (SSSR count). The second-order valence-electron chi connectivity index (χ2n) is 7.85. The number of hydrogen-bond acceptors (Lipinski definition) is 5. The van der Waals surface area contributed by atoms with Crippen LogP contribution < -0.4 is 10.2 Å². The minimum absolute atomic E-state index is 0.201. The van der Waals surface area contributed by atoms with Crippen molar-refractivity contribution < 1.29 is 9.18 Å². The topological polar surface area (TPSA) is 66.0 Å². The molecule has 1 aromatic carbocycles. The number of H-pyrrole nitrogens is 1. The molecular weight excluding hydrogens is 433 g/mol. The van der Waals surface area contributed by atoms with Crippen LogP contribution in [0.3, 0.4) is 0 Å². The van der Waals surface area contributed by atoms with E-state index in [0.717, 1.165) is 17.7 Å². The fourth-order valence-electron chi connectivity index (χ4n) is 4.09. The normalized spacial score (nSPS) is 14.5. The Hall–Kier alpha value is -2.52. The van der Waals surface area contributed by atoms with Gasteiger partial charge in [0.1, 0.15) is 5.82 Å². The highest BCUT2D eigenvalue weighted by Gasteiger charge is 2.21. The number of carbonyl (C=O) groups is 1. The predicted octanol–water partition coefficient (Wildman–Crippen LogP) is 5.61. The van der Waals surface area contributed by atoms with Crippen LogP contribution in [0.25, 0.3) is 10.7 Å². The van der Waals surface area contributed by atoms with Crippen molar-refractivity contribution in [1.29, 1.82) is 0 Å². The van der Waals surface area contributed by atoms with Gasteiger partial charge in [-0.1, -0.05) is 25.3 Å². The van der Waals surface area contributed by atoms with Crippen molar-refractivity contribution in [2.24, 2.45) is 0 Å². The summed E-state index contributed by atoms with van der Waals surface area (Å²) < 4.78 is 17.0. The average Bonchev–Trinajstić information content (AvgIpc) is 3.42. The summed E-state index contributed by atoms with van der Waals surface area (Å²) in [6.45, 7) is 0.388. The minimum Gasteiger partial charge on any atom is -0.369 e. The van der Waals surface area contributed by atoms with Crippen LogP contribution in [-0.4, -0.2) is 33.8 Å². The molecule has 0 saturated heterocycles. The average molecular weight is 460 g/mol. The largest absolute Gasteiger partial charge is 0.369 e. The quantitative estimate of drug-likeness (QED) is 0.451. The summed E-state index contributed by atoms with van der Waals surface area (Å²) in [7, 11) is 1.95. The molecule has 0 radical (unpaired) electrons. The highest BCUT2D eigenvalue weighted by Crippen LogP contribution is 2.29. The van der Waals surface area contributed by atoms with E-state index in [0.29, 0.717) is 34.6 Å². The fraction of sp³-hybridized carbons (Fsp3) is 0.409. The number of anilines is 2. The van der Waals surface area contributed by atoms with Gasteiger partial charge in [-0.25, -0.2) is 4.39 Å². The second-order valence-corrected chi connectivity index (χ2v) is 9.18. The summed E-state index contributed by atoms with van der Waals surface area (Å²) in [5.41, 5.74) is 1.03. The molecule has 2 heterocycles. The molecule has 2 N–H and O–H groups in total. The van der Waals surface area contributed by atoms with E-state index in [4.69, 9.17) is 12.2 Å². The van der Waals surface area contributed by atoms with Crippen LogP contribution in [0.15, 0.2) is 35.7 Å². The Bertz CT molecular complexity index is 1090. The Kier molecular flexibility index (Phi) is 6.82. The number of thiophene rings is 1. The number of aromatic amines is 1. The molecule has 3 aromatic rings. The van der Waals surface area contributed by atoms with Crippen LogP contribution in [-0.2, 0) is 11.3 Å². The standard InChI is InChI=1S/C22H26FN5OS2/c1-27(16-6-3-2-4-7-16)18-10-9-15(14-17(18)23)24-20(29)11-12-28-21(25-26-22(28)30)19-8-5-13-31-19/h5,8-10,13-14,16H,2-4,6-7,11-12H2,1H3,(H,24,29)(H,26,30). The molecule has 0 aliphatic heterocycles. The van der Waals surface area contributed by atoms with Crippen LogP contribution >= 0.6 is 23.6 Å². The molecule has 0 bridgehead atoms. The molecule has 1 aliphatic rings. The fourth-order valence-corrected chi connectivity index (χ4v) is 5.04. The maximum absolute atomic E-state index is 14.8. The maximum atomic E-state index is 14.8. The first-order valence-electron chi connectivity index (χ1n) is 10.5. The van der Waals surface area contributed by atoms with E-state index in [1.807, 2.05) is 34.0 Å².